The van der Waals surface area contributed by atoms with Gasteiger partial charge in [0, 0.05) is 0 Å². The molecule has 0 aromatic heterocycles. The Kier molecular flexibility index (Phi) is 2.09. The van der Waals surface area contributed by atoms with Crippen molar-refractivity contribution in [3.63, 3.8) is 0 Å². The molecule has 0 aliphatic carbocycles. The number of hydrogen-bond acceptors (Lipinski definition) is 5. The summed E-state index contributed by atoms with van der Waals surface area (Å²) in [4.78, 5) is 30.7. The second-order valence-electron chi connectivity index (χ2n) is 2.05. The zero-order chi connectivity index (χ0) is 8.27. The highest BCUT2D eigenvalue weighted by atomic mass is 16.3. The summed E-state index contributed by atoms with van der Waals surface area (Å²) in [5.74, 6) is 0. The fourth-order valence-electron chi connectivity index (χ4n) is 0.846. The molecule has 1 aliphatic heterocycles. The van der Waals surface area contributed by atoms with E-state index >= 15 is 0 Å². The fraction of sp³-hybridized carbons (Fsp3) is 0.750. The van der Waals surface area contributed by atoms with Crippen LogP contribution in [0.3, 0.4) is 0 Å². The Labute approximate surface area is 61.8 Å². The van der Waals surface area contributed by atoms with Gasteiger partial charge in [0.05, 0.1) is 23.7 Å². The molecule has 0 N–H and O–H groups in total. The second kappa shape index (κ2) is 3.04. The molecule has 1 rings (SSSR count). The summed E-state index contributed by atoms with van der Waals surface area (Å²) in [6.07, 6.45) is 0.531. The van der Waals surface area contributed by atoms with Crippen molar-refractivity contribution in [1.82, 2.24) is 10.0 Å². The van der Waals surface area contributed by atoms with Gasteiger partial charge in [-0.2, -0.15) is 10.0 Å². The first-order valence-corrected chi connectivity index (χ1v) is 3.05. The van der Waals surface area contributed by atoms with Crippen molar-refractivity contribution in [1.29, 1.82) is 0 Å². The molecule has 0 spiro atoms. The van der Waals surface area contributed by atoms with Crippen LogP contribution in [0.5, 0.6) is 0 Å². The number of rotatable bonds is 2. The second-order valence-corrected chi connectivity index (χ2v) is 2.05. The van der Waals surface area contributed by atoms with E-state index in [4.69, 9.17) is 0 Å². The topological polar surface area (TPSA) is 82.4 Å². The van der Waals surface area contributed by atoms with Gasteiger partial charge in [0.1, 0.15) is 0 Å². The lowest BCUT2D eigenvalue weighted by Crippen LogP contribution is -2.43. The van der Waals surface area contributed by atoms with Crippen molar-refractivity contribution in [2.75, 3.05) is 13.1 Å². The first-order valence-electron chi connectivity index (χ1n) is 3.05. The van der Waals surface area contributed by atoms with Crippen LogP contribution < -0.4 is 0 Å². The summed E-state index contributed by atoms with van der Waals surface area (Å²) >= 11 is 0. The Morgan fingerprint density at radius 3 is 1.91 bits per heavy atom. The van der Waals surface area contributed by atoms with Crippen molar-refractivity contribution in [2.45, 2.75) is 6.42 Å². The lowest BCUT2D eigenvalue weighted by molar-refractivity contribution is 0.131. The van der Waals surface area contributed by atoms with Gasteiger partial charge in [0.25, 0.3) is 0 Å². The Hall–Kier alpha value is -1.53. The Balaban J connectivity index is 2.66. The first kappa shape index (κ1) is 7.58. The molecule has 0 unspecified atom stereocenters. The average molecular weight is 158 g/mol. The van der Waals surface area contributed by atoms with Gasteiger partial charge >= 0.3 is 6.03 Å². The van der Waals surface area contributed by atoms with Crippen LogP contribution in [0.25, 0.3) is 0 Å². The van der Waals surface area contributed by atoms with E-state index in [0.717, 1.165) is 0 Å². The number of nitrogens with zero attached hydrogens (tertiary/aromatic N) is 4. The van der Waals surface area contributed by atoms with Crippen LogP contribution in [0.15, 0.2) is 10.6 Å². The number of carbonyl (C=O) groups is 1. The zero-order valence-electron chi connectivity index (χ0n) is 5.63. The zero-order valence-corrected chi connectivity index (χ0v) is 5.63. The molecule has 1 fully saturated rings. The number of amides is 2. The minimum Gasteiger partial charge on any atom is -0.244 e. The van der Waals surface area contributed by atoms with Gasteiger partial charge in [-0.3, -0.25) is 0 Å². The summed E-state index contributed by atoms with van der Waals surface area (Å²) in [6, 6.07) is -0.749. The van der Waals surface area contributed by atoms with E-state index in [1.165, 1.54) is 0 Å². The minimum atomic E-state index is -0.749. The van der Waals surface area contributed by atoms with Crippen molar-refractivity contribution >= 4 is 6.03 Å². The van der Waals surface area contributed by atoms with Crippen LogP contribution in [-0.4, -0.2) is 29.1 Å². The smallest absolute Gasteiger partial charge is 0.244 e. The van der Waals surface area contributed by atoms with E-state index in [1.807, 2.05) is 0 Å². The van der Waals surface area contributed by atoms with Crippen LogP contribution in [0, 0.1) is 9.81 Å². The van der Waals surface area contributed by atoms with Gasteiger partial charge in [0.2, 0.25) is 0 Å². The van der Waals surface area contributed by atoms with Crippen LogP contribution in [0.2, 0.25) is 0 Å². The molecule has 2 amide bonds. The van der Waals surface area contributed by atoms with Crippen LogP contribution in [0.4, 0.5) is 4.79 Å². The molecule has 0 bridgehead atoms. The molecule has 60 valence electrons. The number of urea groups is 1. The van der Waals surface area contributed by atoms with Crippen molar-refractivity contribution < 1.29 is 4.79 Å². The molecule has 0 saturated carbocycles. The molecule has 0 atom stereocenters. The van der Waals surface area contributed by atoms with Gasteiger partial charge in [-0.15, -0.1) is 9.81 Å². The minimum absolute atomic E-state index is 0.258. The molecule has 7 nitrogen and oxygen atoms in total. The van der Waals surface area contributed by atoms with Gasteiger partial charge < -0.3 is 0 Å². The summed E-state index contributed by atoms with van der Waals surface area (Å²) < 4.78 is 0. The van der Waals surface area contributed by atoms with Crippen molar-refractivity contribution in [3.8, 4) is 0 Å². The van der Waals surface area contributed by atoms with Crippen LogP contribution in [-0.2, 0) is 0 Å². The quantitative estimate of drug-likeness (QED) is 0.548. The van der Waals surface area contributed by atoms with Crippen molar-refractivity contribution in [2.24, 2.45) is 10.6 Å². The third-order valence-corrected chi connectivity index (χ3v) is 1.38. The Morgan fingerprint density at radius 2 is 1.55 bits per heavy atom. The number of nitroso groups, excluding NO2 is 2. The molecule has 0 radical (unpaired) electrons. The molecule has 11 heavy (non-hydrogen) atoms. The van der Waals surface area contributed by atoms with E-state index in [1.54, 1.807) is 0 Å². The monoisotopic (exact) mass is 158 g/mol. The van der Waals surface area contributed by atoms with Crippen molar-refractivity contribution in [3.05, 3.63) is 9.81 Å². The van der Waals surface area contributed by atoms with Gasteiger partial charge in [-0.1, -0.05) is 0 Å². The predicted molar refractivity (Wildman–Crippen MR) is 35.0 cm³/mol. The summed E-state index contributed by atoms with van der Waals surface area (Å²) in [7, 11) is 0. The third-order valence-electron chi connectivity index (χ3n) is 1.38. The van der Waals surface area contributed by atoms with Gasteiger partial charge in [0.15, 0.2) is 0 Å². The maximum atomic E-state index is 10.9. The summed E-state index contributed by atoms with van der Waals surface area (Å²) in [6.45, 7) is 0.517. The standard InChI is InChI=1S/C4H6N4O3/c9-4-7(5-10)2-1-3-8(4)6-11/h1-3H2. The molecule has 0 aromatic carbocycles. The maximum absolute atomic E-state index is 10.9. The summed E-state index contributed by atoms with van der Waals surface area (Å²) in [5.41, 5.74) is 0. The molecule has 1 heterocycles. The van der Waals surface area contributed by atoms with Crippen LogP contribution >= 0.6 is 0 Å². The highest BCUT2D eigenvalue weighted by Gasteiger charge is 2.26. The molecule has 1 aliphatic rings. The van der Waals surface area contributed by atoms with Gasteiger partial charge in [-0.05, 0) is 6.42 Å². The van der Waals surface area contributed by atoms with E-state index in [-0.39, 0.29) is 13.1 Å². The summed E-state index contributed by atoms with van der Waals surface area (Å²) in [5, 5.41) is 6.18. The SMILES string of the molecule is O=NN1CCCN(N=O)C1=O. The Morgan fingerprint density at radius 1 is 1.09 bits per heavy atom. The molecule has 7 heteroatoms. The fourth-order valence-corrected chi connectivity index (χ4v) is 0.846. The number of hydrogen-bond donors (Lipinski definition) is 0. The average Bonchev–Trinajstić information content (AvgIpc) is 2.05. The van der Waals surface area contributed by atoms with E-state index in [0.29, 0.717) is 16.4 Å². The first-order chi connectivity index (χ1) is 5.29. The lowest BCUT2D eigenvalue weighted by atomic mass is 10.3. The third kappa shape index (κ3) is 1.31. The van der Waals surface area contributed by atoms with E-state index < -0.39 is 6.03 Å². The normalized spacial score (nSPS) is 18.4. The predicted octanol–water partition coefficient (Wildman–Crippen LogP) is 0.477. The highest BCUT2D eigenvalue weighted by molar-refractivity contribution is 5.74. The molecule has 1 saturated heterocycles. The molecule has 0 aromatic rings. The van der Waals surface area contributed by atoms with Crippen LogP contribution in [0.1, 0.15) is 6.42 Å². The molecular weight excluding hydrogens is 152 g/mol. The Bertz CT molecular complexity index is 176. The van der Waals surface area contributed by atoms with E-state index in [2.05, 4.69) is 10.6 Å². The molecular formula is C4H6N4O3. The maximum Gasteiger partial charge on any atom is 0.365 e. The number of carbonyl (C=O) groups excluding carboxylic acids is 1. The lowest BCUT2D eigenvalue weighted by Gasteiger charge is -2.23. The highest BCUT2D eigenvalue weighted by Crippen LogP contribution is 2.08. The van der Waals surface area contributed by atoms with Gasteiger partial charge in [-0.25, -0.2) is 4.79 Å². The largest absolute Gasteiger partial charge is 0.365 e. The van der Waals surface area contributed by atoms with E-state index in [9.17, 15) is 14.6 Å².